The second-order valence-corrected chi connectivity index (χ2v) is 15.2. The van der Waals surface area contributed by atoms with Crippen LogP contribution in [0.25, 0.3) is 11.5 Å². The first-order valence-electron chi connectivity index (χ1n) is 16.1. The Hall–Kier alpha value is -2.98. The molecule has 3 N–H and O–H groups in total. The SMILES string of the molecule is C[C@H](Oc1nc(-c2noc3c2CCC[C@@]32CCCc3sc(N)c(C#N)c32)nc(N2CCNC3(CC3)C2)c1Cl)[C@@H]1C[C@@H](F)CN1C. The molecule has 8 rings (SSSR count). The third kappa shape index (κ3) is 4.72. The zero-order valence-electron chi connectivity index (χ0n) is 25.7. The zero-order valence-corrected chi connectivity index (χ0v) is 27.2. The quantitative estimate of drug-likeness (QED) is 0.388. The molecule has 13 heteroatoms. The summed E-state index contributed by atoms with van der Waals surface area (Å²) in [6.45, 7) is 4.71. The first-order valence-corrected chi connectivity index (χ1v) is 17.3. The van der Waals surface area contributed by atoms with Gasteiger partial charge in [-0.25, -0.2) is 9.37 Å². The van der Waals surface area contributed by atoms with Crippen molar-refractivity contribution in [3.63, 3.8) is 0 Å². The fourth-order valence-electron chi connectivity index (χ4n) is 8.42. The highest BCUT2D eigenvalue weighted by molar-refractivity contribution is 7.16. The van der Waals surface area contributed by atoms with Crippen molar-refractivity contribution in [1.82, 2.24) is 25.3 Å². The van der Waals surface area contributed by atoms with Crippen LogP contribution in [0.1, 0.15) is 79.2 Å². The van der Waals surface area contributed by atoms with Crippen molar-refractivity contribution in [1.29, 1.82) is 5.26 Å². The van der Waals surface area contributed by atoms with Crippen LogP contribution in [-0.2, 0) is 18.3 Å². The summed E-state index contributed by atoms with van der Waals surface area (Å²) < 4.78 is 27.0. The number of hydrogen-bond donors (Lipinski definition) is 2. The van der Waals surface area contributed by atoms with Gasteiger partial charge < -0.3 is 25.2 Å². The monoisotopic (exact) mass is 652 g/mol. The number of aromatic nitrogens is 3. The minimum atomic E-state index is -0.886. The molecule has 5 aliphatic rings. The van der Waals surface area contributed by atoms with Crippen molar-refractivity contribution in [2.75, 3.05) is 43.9 Å². The summed E-state index contributed by atoms with van der Waals surface area (Å²) in [5, 5.41) is 19.3. The van der Waals surface area contributed by atoms with Crippen molar-refractivity contribution >= 4 is 33.8 Å². The number of alkyl halides is 1. The van der Waals surface area contributed by atoms with Gasteiger partial charge in [-0.1, -0.05) is 16.8 Å². The van der Waals surface area contributed by atoms with Gasteiger partial charge in [0.2, 0.25) is 5.88 Å². The van der Waals surface area contributed by atoms with E-state index in [1.54, 1.807) is 0 Å². The van der Waals surface area contributed by atoms with Crippen LogP contribution in [0, 0.1) is 11.3 Å². The summed E-state index contributed by atoms with van der Waals surface area (Å²) in [4.78, 5) is 15.3. The normalized spacial score (nSPS) is 27.8. The van der Waals surface area contributed by atoms with Crippen LogP contribution in [-0.4, -0.2) is 77.1 Å². The number of nitriles is 1. The van der Waals surface area contributed by atoms with Crippen molar-refractivity contribution in [2.45, 2.75) is 94.0 Å². The van der Waals surface area contributed by atoms with Crippen LogP contribution in [0.4, 0.5) is 15.2 Å². The molecule has 2 spiro atoms. The Labute approximate surface area is 271 Å². The van der Waals surface area contributed by atoms with Crippen molar-refractivity contribution in [3.8, 4) is 23.5 Å². The molecule has 5 heterocycles. The molecule has 3 aromatic rings. The van der Waals surface area contributed by atoms with Crippen LogP contribution in [0.15, 0.2) is 4.52 Å². The fourth-order valence-corrected chi connectivity index (χ4v) is 9.83. The Morgan fingerprint density at radius 2 is 2.04 bits per heavy atom. The fraction of sp³-hybridized carbons (Fsp3) is 0.625. The molecule has 45 heavy (non-hydrogen) atoms. The van der Waals surface area contributed by atoms with Gasteiger partial charge >= 0.3 is 0 Å². The largest absolute Gasteiger partial charge is 0.472 e. The molecule has 0 amide bonds. The summed E-state index contributed by atoms with van der Waals surface area (Å²) in [7, 11) is 1.92. The smallest absolute Gasteiger partial charge is 0.238 e. The molecule has 0 aromatic carbocycles. The minimum absolute atomic E-state index is 0.0978. The van der Waals surface area contributed by atoms with E-state index in [1.807, 2.05) is 18.9 Å². The Morgan fingerprint density at radius 3 is 2.78 bits per heavy atom. The summed E-state index contributed by atoms with van der Waals surface area (Å²) >= 11 is 8.60. The minimum Gasteiger partial charge on any atom is -0.472 e. The highest BCUT2D eigenvalue weighted by Gasteiger charge is 2.49. The van der Waals surface area contributed by atoms with Crippen LogP contribution in [0.3, 0.4) is 0 Å². The molecule has 0 unspecified atom stereocenters. The number of rotatable bonds is 5. The lowest BCUT2D eigenvalue weighted by molar-refractivity contribution is 0.117. The average Bonchev–Trinajstić information content (AvgIpc) is 3.32. The molecule has 238 valence electrons. The van der Waals surface area contributed by atoms with E-state index in [1.165, 1.54) is 16.2 Å². The van der Waals surface area contributed by atoms with Gasteiger partial charge in [-0.15, -0.1) is 11.3 Å². The number of anilines is 2. The van der Waals surface area contributed by atoms with Crippen LogP contribution in [0.5, 0.6) is 5.88 Å². The van der Waals surface area contributed by atoms with Gasteiger partial charge in [-0.2, -0.15) is 10.2 Å². The Kier molecular flexibility index (Phi) is 7.06. The van der Waals surface area contributed by atoms with Gasteiger partial charge in [0, 0.05) is 48.2 Å². The van der Waals surface area contributed by atoms with E-state index in [9.17, 15) is 9.65 Å². The van der Waals surface area contributed by atoms with Crippen molar-refractivity contribution in [2.24, 2.45) is 0 Å². The van der Waals surface area contributed by atoms with E-state index in [0.717, 1.165) is 87.9 Å². The maximum Gasteiger partial charge on any atom is 0.238 e. The predicted molar refractivity (Wildman–Crippen MR) is 171 cm³/mol. The summed E-state index contributed by atoms with van der Waals surface area (Å²) in [6.07, 6.45) is 6.75. The maximum absolute atomic E-state index is 14.3. The lowest BCUT2D eigenvalue weighted by atomic mass is 9.63. The average molecular weight is 653 g/mol. The number of thiophene rings is 1. The van der Waals surface area contributed by atoms with E-state index in [0.29, 0.717) is 45.9 Å². The third-order valence-corrected chi connectivity index (χ3v) is 12.2. The van der Waals surface area contributed by atoms with Crippen molar-refractivity contribution in [3.05, 3.63) is 32.4 Å². The second kappa shape index (κ2) is 10.8. The molecule has 4 atom stereocenters. The number of fused-ring (bicyclic) bond motifs is 4. The highest BCUT2D eigenvalue weighted by Crippen LogP contribution is 2.55. The van der Waals surface area contributed by atoms with Gasteiger partial charge in [0.05, 0.1) is 11.0 Å². The van der Waals surface area contributed by atoms with E-state index < -0.39 is 11.6 Å². The lowest BCUT2D eigenvalue weighted by Gasteiger charge is -2.39. The molecule has 2 saturated heterocycles. The maximum atomic E-state index is 14.3. The first-order chi connectivity index (χ1) is 21.7. The molecule has 0 radical (unpaired) electrons. The van der Waals surface area contributed by atoms with Crippen LogP contribution >= 0.6 is 22.9 Å². The number of nitrogens with one attached hydrogen (secondary N) is 1. The van der Waals surface area contributed by atoms with Crippen molar-refractivity contribution < 1.29 is 13.7 Å². The zero-order chi connectivity index (χ0) is 31.1. The molecular formula is C32H38ClFN8O2S. The molecule has 3 aromatic heterocycles. The molecule has 1 saturated carbocycles. The number of aryl methyl sites for hydroxylation is 1. The Balaban J connectivity index is 1.22. The number of likely N-dealkylation sites (N-methyl/N-ethyl adjacent to an activating group) is 1. The number of ether oxygens (including phenoxy) is 1. The standard InChI is InChI=1S/C32H38ClFN8O2S/c1-17(21-13-18(34)15-41(21)2)43-30-24(33)29(42-12-11-37-31(16-42)9-10-31)38-28(39-30)25-19-5-3-7-32(26(19)44-40-25)8-4-6-22-23(32)20(14-35)27(36)45-22/h17-18,21,37H,3-13,15-16,36H2,1-2H3/t17-,18+,21-,32-/m0/s1. The number of likely N-dealkylation sites (tertiary alicyclic amines) is 1. The Bertz CT molecular complexity index is 1700. The summed E-state index contributed by atoms with van der Waals surface area (Å²) in [5.41, 5.74) is 9.18. The first kappa shape index (κ1) is 29.4. The summed E-state index contributed by atoms with van der Waals surface area (Å²) in [5.74, 6) is 2.12. The van der Waals surface area contributed by atoms with Gasteiger partial charge in [-0.05, 0) is 77.3 Å². The lowest BCUT2D eigenvalue weighted by Crippen LogP contribution is -2.53. The van der Waals surface area contributed by atoms with E-state index in [-0.39, 0.29) is 23.6 Å². The topological polar surface area (TPSA) is 129 Å². The van der Waals surface area contributed by atoms with Crippen LogP contribution < -0.4 is 20.7 Å². The predicted octanol–water partition coefficient (Wildman–Crippen LogP) is 5.01. The number of hydrogen-bond acceptors (Lipinski definition) is 11. The van der Waals surface area contributed by atoms with E-state index >= 15 is 0 Å². The van der Waals surface area contributed by atoms with Gasteiger partial charge in [0.25, 0.3) is 0 Å². The van der Waals surface area contributed by atoms with Gasteiger partial charge in [0.1, 0.15) is 28.4 Å². The number of nitrogens with two attached hydrogens (primary N) is 1. The molecule has 10 nitrogen and oxygen atoms in total. The molecule has 3 aliphatic carbocycles. The molecule has 2 aliphatic heterocycles. The van der Waals surface area contributed by atoms with Gasteiger partial charge in [0.15, 0.2) is 23.1 Å². The second-order valence-electron chi connectivity index (χ2n) is 13.7. The number of halogens is 2. The van der Waals surface area contributed by atoms with E-state index in [2.05, 4.69) is 21.4 Å². The number of piperazine rings is 1. The molecule has 0 bridgehead atoms. The van der Waals surface area contributed by atoms with Gasteiger partial charge in [-0.3, -0.25) is 4.90 Å². The highest BCUT2D eigenvalue weighted by atomic mass is 35.5. The Morgan fingerprint density at radius 1 is 1.24 bits per heavy atom. The third-order valence-electron chi connectivity index (χ3n) is 10.8. The molecular weight excluding hydrogens is 615 g/mol. The number of nitrogens with zero attached hydrogens (tertiary/aromatic N) is 6. The van der Waals surface area contributed by atoms with E-state index in [4.69, 9.17) is 36.6 Å². The van der Waals surface area contributed by atoms with Crippen LogP contribution in [0.2, 0.25) is 5.02 Å². The summed E-state index contributed by atoms with van der Waals surface area (Å²) in [6, 6.07) is 2.29. The number of nitrogen functional groups attached to an aromatic ring is 1. The molecule has 3 fully saturated rings.